The SMILES string of the molecule is Cc1ccccc1-c1cc(CN2C(C)CCC2CC2CCCCC2)ccc1C(=O)NC(CCS(C)(=O)=O)C(=O)O. The minimum absolute atomic E-state index is 0.188. The van der Waals surface area contributed by atoms with Crippen LogP contribution in [-0.4, -0.2) is 60.4 Å². The summed E-state index contributed by atoms with van der Waals surface area (Å²) in [4.78, 5) is 27.9. The molecule has 1 saturated heterocycles. The molecule has 0 radical (unpaired) electrons. The smallest absolute Gasteiger partial charge is 0.326 e. The fraction of sp³-hybridized carbons (Fsp3) is 0.562. The lowest BCUT2D eigenvalue weighted by molar-refractivity contribution is -0.139. The van der Waals surface area contributed by atoms with E-state index >= 15 is 0 Å². The second-order valence-corrected chi connectivity index (χ2v) is 14.2. The Morgan fingerprint density at radius 1 is 1.02 bits per heavy atom. The van der Waals surface area contributed by atoms with Gasteiger partial charge in [-0.25, -0.2) is 13.2 Å². The van der Waals surface area contributed by atoms with Gasteiger partial charge in [-0.2, -0.15) is 0 Å². The van der Waals surface area contributed by atoms with Crippen LogP contribution in [0.25, 0.3) is 11.1 Å². The summed E-state index contributed by atoms with van der Waals surface area (Å²) in [5.41, 5.74) is 4.22. The van der Waals surface area contributed by atoms with Gasteiger partial charge in [0.2, 0.25) is 0 Å². The van der Waals surface area contributed by atoms with Crippen molar-refractivity contribution in [2.75, 3.05) is 12.0 Å². The number of rotatable bonds is 11. The fourth-order valence-corrected chi connectivity index (χ4v) is 7.16. The van der Waals surface area contributed by atoms with Crippen molar-refractivity contribution in [2.45, 2.75) is 96.3 Å². The molecule has 2 aromatic rings. The maximum atomic E-state index is 13.4. The first-order valence-electron chi connectivity index (χ1n) is 14.7. The Kier molecular flexibility index (Phi) is 10.1. The van der Waals surface area contributed by atoms with Crippen molar-refractivity contribution in [3.8, 4) is 11.1 Å². The Morgan fingerprint density at radius 3 is 2.42 bits per heavy atom. The first-order chi connectivity index (χ1) is 19.0. The molecule has 0 bridgehead atoms. The molecule has 40 heavy (non-hydrogen) atoms. The molecule has 8 heteroatoms. The van der Waals surface area contributed by atoms with Gasteiger partial charge in [0.1, 0.15) is 15.9 Å². The van der Waals surface area contributed by atoms with Gasteiger partial charge in [-0.1, -0.05) is 62.4 Å². The van der Waals surface area contributed by atoms with Crippen molar-refractivity contribution < 1.29 is 23.1 Å². The number of carbonyl (C=O) groups excluding carboxylic acids is 1. The molecule has 2 aliphatic rings. The van der Waals surface area contributed by atoms with Crippen molar-refractivity contribution in [3.05, 3.63) is 59.2 Å². The maximum Gasteiger partial charge on any atom is 0.326 e. The molecule has 3 unspecified atom stereocenters. The molecule has 0 aromatic heterocycles. The highest BCUT2D eigenvalue weighted by molar-refractivity contribution is 7.90. The van der Waals surface area contributed by atoms with Crippen LogP contribution in [0, 0.1) is 12.8 Å². The van der Waals surface area contributed by atoms with Crippen LogP contribution in [0.5, 0.6) is 0 Å². The van der Waals surface area contributed by atoms with Crippen molar-refractivity contribution in [1.29, 1.82) is 0 Å². The first-order valence-corrected chi connectivity index (χ1v) is 16.7. The third-order valence-electron chi connectivity index (χ3n) is 8.79. The third kappa shape index (κ3) is 7.94. The van der Waals surface area contributed by atoms with E-state index in [0.29, 0.717) is 17.6 Å². The van der Waals surface area contributed by atoms with Crippen LogP contribution in [0.3, 0.4) is 0 Å². The van der Waals surface area contributed by atoms with Gasteiger partial charge >= 0.3 is 5.97 Å². The van der Waals surface area contributed by atoms with Crippen LogP contribution in [0.15, 0.2) is 42.5 Å². The van der Waals surface area contributed by atoms with Crippen LogP contribution in [-0.2, 0) is 21.2 Å². The largest absolute Gasteiger partial charge is 0.480 e. The number of carbonyl (C=O) groups is 2. The minimum Gasteiger partial charge on any atom is -0.480 e. The van der Waals surface area contributed by atoms with E-state index in [9.17, 15) is 23.1 Å². The molecule has 2 aromatic carbocycles. The van der Waals surface area contributed by atoms with E-state index in [1.165, 1.54) is 51.4 Å². The van der Waals surface area contributed by atoms with Gasteiger partial charge in [-0.15, -0.1) is 0 Å². The van der Waals surface area contributed by atoms with Crippen LogP contribution in [0.4, 0.5) is 0 Å². The zero-order valence-corrected chi connectivity index (χ0v) is 24.9. The van der Waals surface area contributed by atoms with Gasteiger partial charge in [0.05, 0.1) is 5.75 Å². The van der Waals surface area contributed by atoms with Crippen LogP contribution in [0.2, 0.25) is 0 Å². The number of sulfone groups is 1. The fourth-order valence-electron chi connectivity index (χ4n) is 6.49. The number of hydrogen-bond donors (Lipinski definition) is 2. The lowest BCUT2D eigenvalue weighted by Gasteiger charge is -2.32. The number of carboxylic acids is 1. The summed E-state index contributed by atoms with van der Waals surface area (Å²) in [5, 5.41) is 12.2. The molecule has 2 N–H and O–H groups in total. The molecule has 218 valence electrons. The molecule has 2 fully saturated rings. The summed E-state index contributed by atoms with van der Waals surface area (Å²) in [6, 6.07) is 13.5. The van der Waals surface area contributed by atoms with E-state index in [1.54, 1.807) is 6.07 Å². The molecule has 1 aliphatic heterocycles. The molecule has 3 atom stereocenters. The van der Waals surface area contributed by atoms with Crippen molar-refractivity contribution in [2.24, 2.45) is 5.92 Å². The van der Waals surface area contributed by atoms with Gasteiger partial charge in [0.25, 0.3) is 5.91 Å². The number of aliphatic carboxylic acids is 1. The predicted octanol–water partition coefficient (Wildman–Crippen LogP) is 5.60. The number of nitrogens with zero attached hydrogens (tertiary/aromatic N) is 1. The van der Waals surface area contributed by atoms with Crippen molar-refractivity contribution in [3.63, 3.8) is 0 Å². The molecule has 1 aliphatic carbocycles. The molecule has 1 heterocycles. The number of nitrogens with one attached hydrogen (secondary N) is 1. The number of benzene rings is 2. The summed E-state index contributed by atoms with van der Waals surface area (Å²) in [6.45, 7) is 5.12. The number of hydrogen-bond acceptors (Lipinski definition) is 5. The average Bonchev–Trinajstić information content (AvgIpc) is 3.25. The Bertz CT molecular complexity index is 1300. The standard InChI is InChI=1S/C32H44N2O5S/c1-22-9-7-8-12-27(22)29-20-25(21-34-23(2)13-15-26(34)19-24-10-5-4-6-11-24)14-16-28(29)31(35)33-30(32(36)37)17-18-40(3,38)39/h7-9,12,14,16,20,23-24,26,30H,4-6,10-11,13,15,17-19,21H2,1-3H3,(H,33,35)(H,36,37). The van der Waals surface area contributed by atoms with Gasteiger partial charge in [0.15, 0.2) is 0 Å². The van der Waals surface area contributed by atoms with Gasteiger partial charge in [-0.3, -0.25) is 9.69 Å². The maximum absolute atomic E-state index is 13.4. The molecular weight excluding hydrogens is 524 g/mol. The molecule has 1 amide bonds. The zero-order valence-electron chi connectivity index (χ0n) is 24.1. The summed E-state index contributed by atoms with van der Waals surface area (Å²) in [5.74, 6) is -1.26. The van der Waals surface area contributed by atoms with Crippen molar-refractivity contribution in [1.82, 2.24) is 10.2 Å². The van der Waals surface area contributed by atoms with Gasteiger partial charge < -0.3 is 10.4 Å². The van der Waals surface area contributed by atoms with E-state index < -0.39 is 27.8 Å². The van der Waals surface area contributed by atoms with E-state index in [0.717, 1.165) is 41.0 Å². The zero-order chi connectivity index (χ0) is 28.9. The lowest BCUT2D eigenvalue weighted by atomic mass is 9.84. The monoisotopic (exact) mass is 568 g/mol. The highest BCUT2D eigenvalue weighted by Gasteiger charge is 2.33. The number of carboxylic acid groups (broad SMARTS) is 1. The summed E-state index contributed by atoms with van der Waals surface area (Å²) >= 11 is 0. The molecular formula is C32H44N2O5S. The summed E-state index contributed by atoms with van der Waals surface area (Å²) in [7, 11) is -3.37. The van der Waals surface area contributed by atoms with E-state index in [1.807, 2.05) is 37.3 Å². The Labute approximate surface area is 239 Å². The third-order valence-corrected chi connectivity index (χ3v) is 9.77. The molecule has 7 nitrogen and oxygen atoms in total. The van der Waals surface area contributed by atoms with Gasteiger partial charge in [-0.05, 0) is 79.8 Å². The number of likely N-dealkylation sites (tertiary alicyclic amines) is 1. The topological polar surface area (TPSA) is 104 Å². The molecule has 4 rings (SSSR count). The minimum atomic E-state index is -3.37. The van der Waals surface area contributed by atoms with Crippen LogP contribution >= 0.6 is 0 Å². The quantitative estimate of drug-likeness (QED) is 0.366. The van der Waals surface area contributed by atoms with E-state index in [-0.39, 0.29) is 12.2 Å². The second-order valence-electron chi connectivity index (χ2n) is 12.0. The number of aryl methyl sites for hydroxylation is 1. The molecule has 1 saturated carbocycles. The highest BCUT2D eigenvalue weighted by atomic mass is 32.2. The summed E-state index contributed by atoms with van der Waals surface area (Å²) < 4.78 is 23.2. The Hall–Kier alpha value is -2.71. The molecule has 0 spiro atoms. The number of amides is 1. The normalized spacial score (nSPS) is 21.3. The average molecular weight is 569 g/mol. The summed E-state index contributed by atoms with van der Waals surface area (Å²) in [6.07, 6.45) is 11.3. The van der Waals surface area contributed by atoms with E-state index in [2.05, 4.69) is 23.2 Å². The Balaban J connectivity index is 1.60. The van der Waals surface area contributed by atoms with E-state index in [4.69, 9.17) is 0 Å². The first kappa shape index (κ1) is 30.3. The lowest BCUT2D eigenvalue weighted by Crippen LogP contribution is -2.42. The van der Waals surface area contributed by atoms with Gasteiger partial charge in [0, 0.05) is 30.4 Å². The van der Waals surface area contributed by atoms with Crippen LogP contribution in [0.1, 0.15) is 86.2 Å². The predicted molar refractivity (Wildman–Crippen MR) is 159 cm³/mol. The van der Waals surface area contributed by atoms with Crippen LogP contribution < -0.4 is 5.32 Å². The highest BCUT2D eigenvalue weighted by Crippen LogP contribution is 2.36. The Morgan fingerprint density at radius 2 is 1.75 bits per heavy atom. The van der Waals surface area contributed by atoms with Crippen molar-refractivity contribution >= 4 is 21.7 Å². The second kappa shape index (κ2) is 13.3.